The highest BCUT2D eigenvalue weighted by atomic mass is 16.5. The monoisotopic (exact) mass is 262 g/mol. The van der Waals surface area contributed by atoms with Crippen molar-refractivity contribution in [2.75, 3.05) is 6.54 Å². The average Bonchev–Trinajstić information content (AvgIpc) is 2.39. The van der Waals surface area contributed by atoms with Crippen LogP contribution >= 0.6 is 0 Å². The van der Waals surface area contributed by atoms with Crippen molar-refractivity contribution in [2.45, 2.75) is 64.5 Å². The summed E-state index contributed by atoms with van der Waals surface area (Å²) in [6, 6.07) is 2.77. The molecule has 19 heavy (non-hydrogen) atoms. The van der Waals surface area contributed by atoms with Gasteiger partial charge in [0.25, 0.3) is 0 Å². The SMILES string of the molecule is CCNC1CCCCC1c1cncc(OC(C)C)c1. The van der Waals surface area contributed by atoms with Gasteiger partial charge in [0.1, 0.15) is 5.75 Å². The largest absolute Gasteiger partial charge is 0.489 e. The maximum Gasteiger partial charge on any atom is 0.138 e. The Morgan fingerprint density at radius 3 is 2.84 bits per heavy atom. The average molecular weight is 262 g/mol. The van der Waals surface area contributed by atoms with Gasteiger partial charge in [0.15, 0.2) is 0 Å². The molecule has 106 valence electrons. The molecule has 0 radical (unpaired) electrons. The maximum atomic E-state index is 5.76. The summed E-state index contributed by atoms with van der Waals surface area (Å²) in [6.07, 6.45) is 9.21. The molecule has 2 atom stereocenters. The molecule has 0 bridgehead atoms. The van der Waals surface area contributed by atoms with E-state index in [9.17, 15) is 0 Å². The van der Waals surface area contributed by atoms with Crippen molar-refractivity contribution in [1.29, 1.82) is 0 Å². The molecule has 2 rings (SSSR count). The first-order chi connectivity index (χ1) is 9.20. The summed E-state index contributed by atoms with van der Waals surface area (Å²) in [5, 5.41) is 3.62. The zero-order valence-electron chi connectivity index (χ0n) is 12.4. The van der Waals surface area contributed by atoms with Crippen molar-refractivity contribution in [2.24, 2.45) is 0 Å². The van der Waals surface area contributed by atoms with E-state index in [0.29, 0.717) is 12.0 Å². The van der Waals surface area contributed by atoms with Crippen LogP contribution in [-0.2, 0) is 0 Å². The molecule has 0 aliphatic heterocycles. The van der Waals surface area contributed by atoms with E-state index in [0.717, 1.165) is 12.3 Å². The summed E-state index contributed by atoms with van der Waals surface area (Å²) in [5.41, 5.74) is 1.32. The van der Waals surface area contributed by atoms with Crippen molar-refractivity contribution in [3.8, 4) is 5.75 Å². The molecule has 0 spiro atoms. The van der Waals surface area contributed by atoms with E-state index >= 15 is 0 Å². The van der Waals surface area contributed by atoms with Gasteiger partial charge in [-0.3, -0.25) is 4.98 Å². The fourth-order valence-electron chi connectivity index (χ4n) is 3.01. The molecule has 1 aromatic rings. The Hall–Kier alpha value is -1.09. The van der Waals surface area contributed by atoms with E-state index in [1.54, 1.807) is 0 Å². The summed E-state index contributed by atoms with van der Waals surface area (Å²) >= 11 is 0. The third kappa shape index (κ3) is 3.93. The Balaban J connectivity index is 2.14. The van der Waals surface area contributed by atoms with E-state index in [2.05, 4.69) is 37.1 Å². The van der Waals surface area contributed by atoms with E-state index < -0.39 is 0 Å². The van der Waals surface area contributed by atoms with Gasteiger partial charge in [0.2, 0.25) is 0 Å². The standard InChI is InChI=1S/C16H26N2O/c1-4-18-16-8-6-5-7-15(16)13-9-14(11-17-10-13)19-12(2)3/h9-12,15-16,18H,4-8H2,1-3H3. The Labute approximate surface area is 116 Å². The van der Waals surface area contributed by atoms with Crippen LogP contribution in [0.4, 0.5) is 0 Å². The van der Waals surface area contributed by atoms with Gasteiger partial charge in [-0.15, -0.1) is 0 Å². The number of hydrogen-bond donors (Lipinski definition) is 1. The van der Waals surface area contributed by atoms with Crippen LogP contribution < -0.4 is 10.1 Å². The molecule has 1 aromatic heterocycles. The lowest BCUT2D eigenvalue weighted by molar-refractivity contribution is 0.240. The third-order valence-corrected chi connectivity index (χ3v) is 3.77. The summed E-state index contributed by atoms with van der Waals surface area (Å²) in [4.78, 5) is 4.35. The molecule has 1 heterocycles. The van der Waals surface area contributed by atoms with Crippen LogP contribution in [0.15, 0.2) is 18.5 Å². The Bertz CT molecular complexity index is 390. The minimum absolute atomic E-state index is 0.202. The van der Waals surface area contributed by atoms with Crippen LogP contribution in [0.25, 0.3) is 0 Å². The zero-order chi connectivity index (χ0) is 13.7. The van der Waals surface area contributed by atoms with Crippen molar-refractivity contribution in [3.05, 3.63) is 24.0 Å². The predicted octanol–water partition coefficient (Wildman–Crippen LogP) is 3.50. The lowest BCUT2D eigenvalue weighted by Crippen LogP contribution is -2.37. The number of aromatic nitrogens is 1. The first kappa shape index (κ1) is 14.3. The number of likely N-dealkylation sites (N-methyl/N-ethyl adjacent to an activating group) is 1. The first-order valence-corrected chi connectivity index (χ1v) is 7.55. The minimum Gasteiger partial charge on any atom is -0.489 e. The van der Waals surface area contributed by atoms with Gasteiger partial charge < -0.3 is 10.1 Å². The fourth-order valence-corrected chi connectivity index (χ4v) is 3.01. The van der Waals surface area contributed by atoms with Crippen molar-refractivity contribution in [1.82, 2.24) is 10.3 Å². The van der Waals surface area contributed by atoms with Crippen LogP contribution in [0.3, 0.4) is 0 Å². The quantitative estimate of drug-likeness (QED) is 0.882. The number of pyridine rings is 1. The van der Waals surface area contributed by atoms with Gasteiger partial charge in [0.05, 0.1) is 12.3 Å². The number of rotatable bonds is 5. The minimum atomic E-state index is 0.202. The van der Waals surface area contributed by atoms with Crippen LogP contribution in [0.1, 0.15) is 57.9 Å². The molecule has 0 amide bonds. The molecule has 0 aromatic carbocycles. The van der Waals surface area contributed by atoms with Crippen molar-refractivity contribution in [3.63, 3.8) is 0 Å². The second-order valence-corrected chi connectivity index (χ2v) is 5.68. The summed E-state index contributed by atoms with van der Waals surface area (Å²) in [5.74, 6) is 1.48. The van der Waals surface area contributed by atoms with E-state index in [4.69, 9.17) is 4.74 Å². The second kappa shape index (κ2) is 6.90. The van der Waals surface area contributed by atoms with Crippen molar-refractivity contribution < 1.29 is 4.74 Å². The summed E-state index contributed by atoms with van der Waals surface area (Å²) in [6.45, 7) is 7.32. The zero-order valence-corrected chi connectivity index (χ0v) is 12.4. The number of nitrogens with one attached hydrogen (secondary N) is 1. The van der Waals surface area contributed by atoms with E-state index in [1.807, 2.05) is 12.4 Å². The van der Waals surface area contributed by atoms with Gasteiger partial charge in [0, 0.05) is 18.2 Å². The van der Waals surface area contributed by atoms with Crippen molar-refractivity contribution >= 4 is 0 Å². The Morgan fingerprint density at radius 1 is 1.32 bits per heavy atom. The summed E-state index contributed by atoms with van der Waals surface area (Å²) in [7, 11) is 0. The molecule has 2 unspecified atom stereocenters. The molecular formula is C16H26N2O. The first-order valence-electron chi connectivity index (χ1n) is 7.55. The van der Waals surface area contributed by atoms with Gasteiger partial charge in [-0.1, -0.05) is 19.8 Å². The highest BCUT2D eigenvalue weighted by Gasteiger charge is 2.26. The van der Waals surface area contributed by atoms with E-state index in [-0.39, 0.29) is 6.10 Å². The normalized spacial score (nSPS) is 23.6. The predicted molar refractivity (Wildman–Crippen MR) is 78.7 cm³/mol. The highest BCUT2D eigenvalue weighted by Crippen LogP contribution is 2.34. The topological polar surface area (TPSA) is 34.2 Å². The van der Waals surface area contributed by atoms with Crippen LogP contribution in [0, 0.1) is 0 Å². The third-order valence-electron chi connectivity index (χ3n) is 3.77. The Morgan fingerprint density at radius 2 is 2.11 bits per heavy atom. The molecule has 3 nitrogen and oxygen atoms in total. The number of ether oxygens (including phenoxy) is 1. The van der Waals surface area contributed by atoms with Crippen LogP contribution in [-0.4, -0.2) is 23.7 Å². The Kier molecular flexibility index (Phi) is 5.20. The molecule has 1 aliphatic carbocycles. The molecule has 1 N–H and O–H groups in total. The molecular weight excluding hydrogens is 236 g/mol. The molecule has 0 saturated heterocycles. The number of nitrogens with zero attached hydrogens (tertiary/aromatic N) is 1. The number of hydrogen-bond acceptors (Lipinski definition) is 3. The van der Waals surface area contributed by atoms with Gasteiger partial charge in [-0.25, -0.2) is 0 Å². The molecule has 1 fully saturated rings. The van der Waals surface area contributed by atoms with Gasteiger partial charge in [-0.2, -0.15) is 0 Å². The van der Waals surface area contributed by atoms with Crippen LogP contribution in [0.2, 0.25) is 0 Å². The van der Waals surface area contributed by atoms with Gasteiger partial charge in [-0.05, 0) is 44.9 Å². The van der Waals surface area contributed by atoms with Crippen LogP contribution in [0.5, 0.6) is 5.75 Å². The fraction of sp³-hybridized carbons (Fsp3) is 0.688. The highest BCUT2D eigenvalue weighted by molar-refractivity contribution is 5.28. The smallest absolute Gasteiger partial charge is 0.138 e. The maximum absolute atomic E-state index is 5.76. The van der Waals surface area contributed by atoms with Gasteiger partial charge >= 0.3 is 0 Å². The summed E-state index contributed by atoms with van der Waals surface area (Å²) < 4.78 is 5.76. The second-order valence-electron chi connectivity index (χ2n) is 5.68. The molecule has 3 heteroatoms. The van der Waals surface area contributed by atoms with E-state index in [1.165, 1.54) is 31.2 Å². The lowest BCUT2D eigenvalue weighted by atomic mass is 9.80. The molecule has 1 aliphatic rings. The molecule has 1 saturated carbocycles. The lowest BCUT2D eigenvalue weighted by Gasteiger charge is -2.32.